The fraction of sp³-hybridized carbons (Fsp3) is 1.00. The second-order valence-electron chi connectivity index (χ2n) is 4.40. The average Bonchev–Trinajstić information content (AvgIpc) is 1.84. The van der Waals surface area contributed by atoms with Gasteiger partial charge in [-0.1, -0.05) is 6.92 Å². The van der Waals surface area contributed by atoms with Crippen LogP contribution in [0.25, 0.3) is 0 Å². The molecule has 0 spiro atoms. The summed E-state index contributed by atoms with van der Waals surface area (Å²) >= 11 is 5.92. The molecule has 0 saturated carbocycles. The lowest BCUT2D eigenvalue weighted by molar-refractivity contribution is -0.00847. The molecule has 0 N–H and O–H groups in total. The normalized spacial score (nSPS) is 17.5. The van der Waals surface area contributed by atoms with Crippen LogP contribution in [0.1, 0.15) is 41.0 Å². The first kappa shape index (κ1) is 12.2. The largest absolute Gasteiger partial charge is 0.376 e. The highest BCUT2D eigenvalue weighted by atomic mass is 35.5. The molecule has 2 unspecified atom stereocenters. The minimum absolute atomic E-state index is 0.0186. The molecule has 0 aromatic rings. The van der Waals surface area contributed by atoms with Crippen molar-refractivity contribution in [2.75, 3.05) is 6.61 Å². The van der Waals surface area contributed by atoms with Crippen molar-refractivity contribution in [2.45, 2.75) is 52.0 Å². The van der Waals surface area contributed by atoms with E-state index in [1.165, 1.54) is 0 Å². The second kappa shape index (κ2) is 5.08. The van der Waals surface area contributed by atoms with Crippen molar-refractivity contribution in [1.82, 2.24) is 0 Å². The molecule has 0 aromatic heterocycles. The van der Waals surface area contributed by atoms with Crippen LogP contribution in [0, 0.1) is 5.92 Å². The van der Waals surface area contributed by atoms with Crippen molar-refractivity contribution in [3.05, 3.63) is 0 Å². The first-order chi connectivity index (χ1) is 5.33. The van der Waals surface area contributed by atoms with Gasteiger partial charge in [-0.15, -0.1) is 11.6 Å². The molecular formula is C10H21ClO. The van der Waals surface area contributed by atoms with Gasteiger partial charge in [0.2, 0.25) is 0 Å². The van der Waals surface area contributed by atoms with Crippen LogP contribution in [0.5, 0.6) is 0 Å². The Balaban J connectivity index is 3.44. The van der Waals surface area contributed by atoms with Crippen molar-refractivity contribution in [2.24, 2.45) is 5.92 Å². The molecule has 0 aliphatic heterocycles. The molecule has 0 aliphatic carbocycles. The van der Waals surface area contributed by atoms with E-state index >= 15 is 0 Å². The number of hydrogen-bond acceptors (Lipinski definition) is 1. The highest BCUT2D eigenvalue weighted by Crippen LogP contribution is 2.15. The predicted octanol–water partition coefficient (Wildman–Crippen LogP) is 3.46. The molecule has 0 aromatic carbocycles. The van der Waals surface area contributed by atoms with Crippen molar-refractivity contribution in [3.63, 3.8) is 0 Å². The van der Waals surface area contributed by atoms with Gasteiger partial charge in [0.15, 0.2) is 0 Å². The summed E-state index contributed by atoms with van der Waals surface area (Å²) in [7, 11) is 0. The van der Waals surface area contributed by atoms with Gasteiger partial charge in [0, 0.05) is 12.0 Å². The summed E-state index contributed by atoms with van der Waals surface area (Å²) in [6.45, 7) is 11.2. The van der Waals surface area contributed by atoms with Gasteiger partial charge in [-0.2, -0.15) is 0 Å². The van der Waals surface area contributed by atoms with E-state index in [0.717, 1.165) is 13.0 Å². The monoisotopic (exact) mass is 192 g/mol. The lowest BCUT2D eigenvalue weighted by Crippen LogP contribution is -2.21. The second-order valence-corrected chi connectivity index (χ2v) is 5.09. The van der Waals surface area contributed by atoms with Gasteiger partial charge >= 0.3 is 0 Å². The van der Waals surface area contributed by atoms with E-state index in [9.17, 15) is 0 Å². The molecule has 1 nitrogen and oxygen atoms in total. The van der Waals surface area contributed by atoms with Gasteiger partial charge in [0.05, 0.1) is 5.60 Å². The maximum Gasteiger partial charge on any atom is 0.0598 e. The van der Waals surface area contributed by atoms with Crippen molar-refractivity contribution >= 4 is 11.6 Å². The van der Waals surface area contributed by atoms with Crippen LogP contribution in [-0.4, -0.2) is 17.6 Å². The molecule has 0 fully saturated rings. The lowest BCUT2D eigenvalue weighted by atomic mass is 10.1. The molecule has 0 bridgehead atoms. The average molecular weight is 193 g/mol. The summed E-state index contributed by atoms with van der Waals surface area (Å²) in [6.07, 6.45) is 1.04. The van der Waals surface area contributed by atoms with Crippen LogP contribution in [-0.2, 0) is 4.74 Å². The van der Waals surface area contributed by atoms with E-state index in [0.29, 0.717) is 5.92 Å². The Hall–Kier alpha value is 0.250. The Labute approximate surface area is 81.4 Å². The third kappa shape index (κ3) is 6.93. The Morgan fingerprint density at radius 2 is 1.75 bits per heavy atom. The summed E-state index contributed by atoms with van der Waals surface area (Å²) in [4.78, 5) is 0. The molecule has 74 valence electrons. The van der Waals surface area contributed by atoms with E-state index < -0.39 is 0 Å². The first-order valence-electron chi connectivity index (χ1n) is 4.61. The smallest absolute Gasteiger partial charge is 0.0598 e. The summed E-state index contributed by atoms with van der Waals surface area (Å²) in [6, 6.07) is 0. The molecule has 0 saturated heterocycles. The van der Waals surface area contributed by atoms with Gasteiger partial charge in [-0.3, -0.25) is 0 Å². The topological polar surface area (TPSA) is 9.23 Å². The molecule has 0 radical (unpaired) electrons. The van der Waals surface area contributed by atoms with Crippen molar-refractivity contribution in [1.29, 1.82) is 0 Å². The number of rotatable bonds is 4. The third-order valence-electron chi connectivity index (χ3n) is 1.89. The maximum absolute atomic E-state index is 5.92. The molecule has 2 heteroatoms. The van der Waals surface area contributed by atoms with E-state index in [1.807, 2.05) is 6.92 Å². The number of hydrogen-bond donors (Lipinski definition) is 0. The van der Waals surface area contributed by atoms with Crippen molar-refractivity contribution < 1.29 is 4.74 Å². The predicted molar refractivity (Wildman–Crippen MR) is 54.8 cm³/mol. The van der Waals surface area contributed by atoms with Gasteiger partial charge in [-0.25, -0.2) is 0 Å². The van der Waals surface area contributed by atoms with Crippen LogP contribution < -0.4 is 0 Å². The fourth-order valence-electron chi connectivity index (χ4n) is 0.781. The SMILES string of the molecule is CC(Cl)C(C)CCOC(C)(C)C. The minimum Gasteiger partial charge on any atom is -0.376 e. The summed E-state index contributed by atoms with van der Waals surface area (Å²) in [5, 5.41) is 0.244. The Morgan fingerprint density at radius 1 is 1.25 bits per heavy atom. The lowest BCUT2D eigenvalue weighted by Gasteiger charge is -2.21. The quantitative estimate of drug-likeness (QED) is 0.620. The van der Waals surface area contributed by atoms with E-state index in [4.69, 9.17) is 16.3 Å². The van der Waals surface area contributed by atoms with Crippen LogP contribution in [0.2, 0.25) is 0 Å². The zero-order chi connectivity index (χ0) is 9.78. The number of alkyl halides is 1. The van der Waals surface area contributed by atoms with Crippen LogP contribution >= 0.6 is 11.6 Å². The number of halogens is 1. The Kier molecular flexibility index (Phi) is 5.19. The minimum atomic E-state index is -0.0186. The van der Waals surface area contributed by atoms with Crippen molar-refractivity contribution in [3.8, 4) is 0 Å². The van der Waals surface area contributed by atoms with Gasteiger partial charge in [-0.05, 0) is 40.0 Å². The highest BCUT2D eigenvalue weighted by molar-refractivity contribution is 6.20. The summed E-state index contributed by atoms with van der Waals surface area (Å²) in [5.41, 5.74) is -0.0186. The Bertz CT molecular complexity index is 115. The molecule has 0 heterocycles. The van der Waals surface area contributed by atoms with Gasteiger partial charge in [0.25, 0.3) is 0 Å². The van der Waals surface area contributed by atoms with Gasteiger partial charge in [0.1, 0.15) is 0 Å². The molecule has 2 atom stereocenters. The molecule has 0 rings (SSSR count). The molecule has 0 amide bonds. The Morgan fingerprint density at radius 3 is 2.08 bits per heavy atom. The standard InChI is InChI=1S/C10H21ClO/c1-8(9(2)11)6-7-12-10(3,4)5/h8-9H,6-7H2,1-5H3. The summed E-state index contributed by atoms with van der Waals surface area (Å²) < 4.78 is 5.59. The molecule has 12 heavy (non-hydrogen) atoms. The van der Waals surface area contributed by atoms with Crippen LogP contribution in [0.3, 0.4) is 0 Å². The molecule has 0 aliphatic rings. The molecular weight excluding hydrogens is 172 g/mol. The fourth-order valence-corrected chi connectivity index (χ4v) is 0.907. The van der Waals surface area contributed by atoms with Crippen LogP contribution in [0.15, 0.2) is 0 Å². The van der Waals surface area contributed by atoms with Crippen LogP contribution in [0.4, 0.5) is 0 Å². The maximum atomic E-state index is 5.92. The first-order valence-corrected chi connectivity index (χ1v) is 5.04. The summed E-state index contributed by atoms with van der Waals surface area (Å²) in [5.74, 6) is 0.536. The van der Waals surface area contributed by atoms with Gasteiger partial charge < -0.3 is 4.74 Å². The highest BCUT2D eigenvalue weighted by Gasteiger charge is 2.13. The zero-order valence-corrected chi connectivity index (χ0v) is 9.61. The number of ether oxygens (including phenoxy) is 1. The van der Waals surface area contributed by atoms with E-state index in [1.54, 1.807) is 0 Å². The third-order valence-corrected chi connectivity index (χ3v) is 2.32. The van der Waals surface area contributed by atoms with E-state index in [2.05, 4.69) is 27.7 Å². The zero-order valence-electron chi connectivity index (χ0n) is 8.86. The van der Waals surface area contributed by atoms with E-state index in [-0.39, 0.29) is 11.0 Å².